The second-order valence-electron chi connectivity index (χ2n) is 4.83. The highest BCUT2D eigenvalue weighted by Crippen LogP contribution is 2.12. The summed E-state index contributed by atoms with van der Waals surface area (Å²) in [6.07, 6.45) is 3.55. The zero-order chi connectivity index (χ0) is 14.1. The van der Waals surface area contributed by atoms with Gasteiger partial charge in [-0.15, -0.1) is 0 Å². The second-order valence-corrected chi connectivity index (χ2v) is 4.83. The zero-order valence-corrected chi connectivity index (χ0v) is 11.8. The van der Waals surface area contributed by atoms with Crippen molar-refractivity contribution in [2.45, 2.75) is 26.4 Å². The molecular formula is C15H22N2O2. The van der Waals surface area contributed by atoms with Crippen LogP contribution in [0.5, 0.6) is 0 Å². The maximum atomic E-state index is 11.6. The Bertz CT molecular complexity index is 413. The van der Waals surface area contributed by atoms with E-state index in [0.29, 0.717) is 6.54 Å². The van der Waals surface area contributed by atoms with Gasteiger partial charge in [0.1, 0.15) is 12.1 Å². The molecule has 0 aliphatic rings. The quantitative estimate of drug-likeness (QED) is 0.741. The molecule has 0 saturated heterocycles. The van der Waals surface area contributed by atoms with Crippen LogP contribution in [0.25, 0.3) is 0 Å². The highest BCUT2D eigenvalue weighted by molar-refractivity contribution is 5.72. The van der Waals surface area contributed by atoms with Gasteiger partial charge in [-0.1, -0.05) is 24.3 Å². The third-order valence-corrected chi connectivity index (χ3v) is 2.41. The van der Waals surface area contributed by atoms with Gasteiger partial charge in [0.05, 0.1) is 6.54 Å². The minimum Gasteiger partial charge on any atom is -0.456 e. The largest absolute Gasteiger partial charge is 0.456 e. The molecule has 0 fully saturated rings. The first-order chi connectivity index (χ1) is 9.03. The van der Waals surface area contributed by atoms with Crippen molar-refractivity contribution in [3.63, 3.8) is 0 Å². The van der Waals surface area contributed by atoms with E-state index < -0.39 is 5.60 Å². The molecule has 2 N–H and O–H groups in total. The molecule has 0 atom stereocenters. The van der Waals surface area contributed by atoms with E-state index in [1.807, 2.05) is 57.2 Å². The van der Waals surface area contributed by atoms with Gasteiger partial charge in [0.25, 0.3) is 0 Å². The van der Waals surface area contributed by atoms with E-state index in [1.54, 1.807) is 6.20 Å². The van der Waals surface area contributed by atoms with Crippen molar-refractivity contribution in [2.24, 2.45) is 0 Å². The molecule has 0 aliphatic heterocycles. The number of esters is 1. The average Bonchev–Trinajstić information content (AvgIpc) is 2.37. The van der Waals surface area contributed by atoms with Crippen LogP contribution in [0.2, 0.25) is 0 Å². The third kappa shape index (κ3) is 6.50. The molecule has 4 nitrogen and oxygen atoms in total. The fourth-order valence-electron chi connectivity index (χ4n) is 1.51. The van der Waals surface area contributed by atoms with Crippen molar-refractivity contribution >= 4 is 11.7 Å². The molecule has 104 valence electrons. The Kier molecular flexibility index (Phi) is 5.93. The van der Waals surface area contributed by atoms with Crippen molar-refractivity contribution in [3.05, 3.63) is 42.6 Å². The van der Waals surface area contributed by atoms with E-state index in [4.69, 9.17) is 4.74 Å². The number of para-hydroxylation sites is 1. The molecule has 1 aromatic carbocycles. The minimum absolute atomic E-state index is 0.180. The standard InChI is InChI=1S/C15H22N2O2/c1-4-10-16-11-14(18)19-15(2,3)12-17-13-8-6-5-7-9-13/h4-10,16-17H,11-12H2,1-3H3. The average molecular weight is 262 g/mol. The van der Waals surface area contributed by atoms with Gasteiger partial charge in [0.15, 0.2) is 0 Å². The molecule has 0 unspecified atom stereocenters. The Labute approximate surface area is 114 Å². The molecule has 0 aromatic heterocycles. The Balaban J connectivity index is 2.36. The van der Waals surface area contributed by atoms with Crippen molar-refractivity contribution in [3.8, 4) is 0 Å². The second kappa shape index (κ2) is 7.46. The first kappa shape index (κ1) is 15.1. The Morgan fingerprint density at radius 3 is 2.63 bits per heavy atom. The van der Waals surface area contributed by atoms with Crippen LogP contribution in [0.1, 0.15) is 20.8 Å². The van der Waals surface area contributed by atoms with Crippen molar-refractivity contribution in [1.29, 1.82) is 0 Å². The van der Waals surface area contributed by atoms with Gasteiger partial charge >= 0.3 is 5.97 Å². The Hall–Kier alpha value is -1.97. The summed E-state index contributed by atoms with van der Waals surface area (Å²) >= 11 is 0. The lowest BCUT2D eigenvalue weighted by atomic mass is 10.1. The number of benzene rings is 1. The number of allylic oxidation sites excluding steroid dienone is 1. The fourth-order valence-corrected chi connectivity index (χ4v) is 1.51. The first-order valence-corrected chi connectivity index (χ1v) is 6.39. The van der Waals surface area contributed by atoms with Crippen molar-refractivity contribution < 1.29 is 9.53 Å². The van der Waals surface area contributed by atoms with Gasteiger partial charge in [0, 0.05) is 5.69 Å². The molecule has 0 spiro atoms. The normalized spacial score (nSPS) is 11.3. The number of anilines is 1. The molecule has 0 heterocycles. The van der Waals surface area contributed by atoms with E-state index >= 15 is 0 Å². The van der Waals surface area contributed by atoms with E-state index in [2.05, 4.69) is 10.6 Å². The maximum absolute atomic E-state index is 11.6. The summed E-state index contributed by atoms with van der Waals surface area (Å²) in [5.74, 6) is -0.266. The molecule has 0 aliphatic carbocycles. The van der Waals surface area contributed by atoms with Crippen LogP contribution in [-0.4, -0.2) is 24.7 Å². The molecule has 4 heteroatoms. The lowest BCUT2D eigenvalue weighted by molar-refractivity contribution is -0.153. The van der Waals surface area contributed by atoms with Crippen LogP contribution in [0.4, 0.5) is 5.69 Å². The lowest BCUT2D eigenvalue weighted by Crippen LogP contribution is -2.38. The number of carbonyl (C=O) groups is 1. The van der Waals surface area contributed by atoms with E-state index in [9.17, 15) is 4.79 Å². The molecule has 0 radical (unpaired) electrons. The topological polar surface area (TPSA) is 50.4 Å². The van der Waals surface area contributed by atoms with Crippen molar-refractivity contribution in [2.75, 3.05) is 18.4 Å². The van der Waals surface area contributed by atoms with Crippen LogP contribution in [0.15, 0.2) is 42.6 Å². The summed E-state index contributed by atoms with van der Waals surface area (Å²) in [5, 5.41) is 6.10. The molecule has 0 bridgehead atoms. The van der Waals surface area contributed by atoms with Gasteiger partial charge < -0.3 is 15.4 Å². The monoisotopic (exact) mass is 262 g/mol. The van der Waals surface area contributed by atoms with Crippen LogP contribution in [-0.2, 0) is 9.53 Å². The number of nitrogens with one attached hydrogen (secondary N) is 2. The predicted molar refractivity (Wildman–Crippen MR) is 77.9 cm³/mol. The Morgan fingerprint density at radius 1 is 1.32 bits per heavy atom. The van der Waals surface area contributed by atoms with Gasteiger partial charge in [-0.05, 0) is 39.1 Å². The molecule has 0 amide bonds. The van der Waals surface area contributed by atoms with Crippen LogP contribution >= 0.6 is 0 Å². The lowest BCUT2D eigenvalue weighted by Gasteiger charge is -2.26. The van der Waals surface area contributed by atoms with Crippen LogP contribution in [0, 0.1) is 0 Å². The van der Waals surface area contributed by atoms with Gasteiger partial charge in [-0.2, -0.15) is 0 Å². The SMILES string of the molecule is CC=CNCC(=O)OC(C)(C)CNc1ccccc1. The molecule has 1 rings (SSSR count). The number of rotatable bonds is 7. The summed E-state index contributed by atoms with van der Waals surface area (Å²) in [4.78, 5) is 11.6. The minimum atomic E-state index is -0.551. The highest BCUT2D eigenvalue weighted by atomic mass is 16.6. The smallest absolute Gasteiger partial charge is 0.325 e. The van der Waals surface area contributed by atoms with E-state index in [-0.39, 0.29) is 12.5 Å². The number of ether oxygens (including phenoxy) is 1. The van der Waals surface area contributed by atoms with Gasteiger partial charge in [-0.25, -0.2) is 0 Å². The summed E-state index contributed by atoms with van der Waals surface area (Å²) in [6.45, 7) is 6.39. The van der Waals surface area contributed by atoms with Crippen LogP contribution < -0.4 is 10.6 Å². The van der Waals surface area contributed by atoms with Crippen LogP contribution in [0.3, 0.4) is 0 Å². The number of hydrogen-bond acceptors (Lipinski definition) is 4. The van der Waals surface area contributed by atoms with Gasteiger partial charge in [-0.3, -0.25) is 4.79 Å². The molecule has 1 aromatic rings. The first-order valence-electron chi connectivity index (χ1n) is 6.39. The number of hydrogen-bond donors (Lipinski definition) is 2. The third-order valence-electron chi connectivity index (χ3n) is 2.41. The summed E-state index contributed by atoms with van der Waals surface area (Å²) < 4.78 is 5.41. The number of carbonyl (C=O) groups excluding carboxylic acids is 1. The Morgan fingerprint density at radius 2 is 2.00 bits per heavy atom. The summed E-state index contributed by atoms with van der Waals surface area (Å²) in [7, 11) is 0. The molecular weight excluding hydrogens is 240 g/mol. The van der Waals surface area contributed by atoms with Crippen molar-refractivity contribution in [1.82, 2.24) is 5.32 Å². The molecule has 0 saturated carbocycles. The summed E-state index contributed by atoms with van der Waals surface area (Å²) in [6, 6.07) is 9.84. The van der Waals surface area contributed by atoms with E-state index in [0.717, 1.165) is 5.69 Å². The maximum Gasteiger partial charge on any atom is 0.325 e. The summed E-state index contributed by atoms with van der Waals surface area (Å²) in [5.41, 5.74) is 0.462. The fraction of sp³-hybridized carbons (Fsp3) is 0.400. The highest BCUT2D eigenvalue weighted by Gasteiger charge is 2.22. The zero-order valence-electron chi connectivity index (χ0n) is 11.8. The molecule has 19 heavy (non-hydrogen) atoms. The van der Waals surface area contributed by atoms with Gasteiger partial charge in [0.2, 0.25) is 0 Å². The van der Waals surface area contributed by atoms with E-state index in [1.165, 1.54) is 0 Å². The predicted octanol–water partition coefficient (Wildman–Crippen LogP) is 2.54.